The molecular formula is C17H21NO3S. The molecule has 0 spiro atoms. The van der Waals surface area contributed by atoms with Crippen LogP contribution in [0, 0.1) is 5.92 Å². The van der Waals surface area contributed by atoms with Crippen molar-refractivity contribution in [2.45, 2.75) is 60.8 Å². The maximum Gasteiger partial charge on any atom is 0.226 e. The second kappa shape index (κ2) is 5.08. The zero-order valence-corrected chi connectivity index (χ0v) is 13.3. The van der Waals surface area contributed by atoms with Gasteiger partial charge in [-0.1, -0.05) is 18.2 Å². The highest BCUT2D eigenvalue weighted by Gasteiger charge is 2.49. The minimum absolute atomic E-state index is 0.135. The molecule has 0 aromatic heterocycles. The summed E-state index contributed by atoms with van der Waals surface area (Å²) in [7, 11) is -3.28. The van der Waals surface area contributed by atoms with E-state index >= 15 is 0 Å². The maximum absolute atomic E-state index is 12.8. The van der Waals surface area contributed by atoms with Crippen molar-refractivity contribution < 1.29 is 13.2 Å². The molecule has 2 heterocycles. The molecule has 22 heavy (non-hydrogen) atoms. The number of rotatable bonds is 3. The summed E-state index contributed by atoms with van der Waals surface area (Å²) in [5.41, 5.74) is 0. The van der Waals surface area contributed by atoms with Gasteiger partial charge in [-0.25, -0.2) is 8.42 Å². The average Bonchev–Trinajstić information content (AvgIpc) is 3.33. The van der Waals surface area contributed by atoms with Gasteiger partial charge in [-0.05, 0) is 50.7 Å². The molecule has 1 aromatic carbocycles. The summed E-state index contributed by atoms with van der Waals surface area (Å²) < 4.78 is 25.7. The fraction of sp³-hybridized carbons (Fsp3) is 0.588. The van der Waals surface area contributed by atoms with Crippen LogP contribution < -0.4 is 0 Å². The highest BCUT2D eigenvalue weighted by molar-refractivity contribution is 7.92. The Hall–Kier alpha value is -1.36. The largest absolute Gasteiger partial charge is 0.336 e. The van der Waals surface area contributed by atoms with Crippen molar-refractivity contribution in [1.29, 1.82) is 0 Å². The molecule has 2 saturated heterocycles. The molecule has 2 unspecified atom stereocenters. The molecule has 2 aliphatic heterocycles. The summed E-state index contributed by atoms with van der Waals surface area (Å²) in [6, 6.07) is 9.00. The van der Waals surface area contributed by atoms with E-state index in [4.69, 9.17) is 0 Å². The first-order chi connectivity index (χ1) is 10.6. The summed E-state index contributed by atoms with van der Waals surface area (Å²) in [4.78, 5) is 14.9. The van der Waals surface area contributed by atoms with Crippen LogP contribution in [0.3, 0.4) is 0 Å². The van der Waals surface area contributed by atoms with Gasteiger partial charge >= 0.3 is 0 Å². The number of hydrogen-bond donors (Lipinski definition) is 0. The zero-order chi connectivity index (χ0) is 15.3. The lowest BCUT2D eigenvalue weighted by Gasteiger charge is -2.38. The minimum atomic E-state index is -3.28. The Bertz CT molecular complexity index is 667. The molecule has 2 bridgehead atoms. The number of benzene rings is 1. The standard InChI is InChI=1S/C17H21NO3S/c19-17(12-6-7-12)18-13-8-9-14(18)11-16(10-13)22(20,21)15-4-2-1-3-5-15/h1-5,12-14,16H,6-11H2. The highest BCUT2D eigenvalue weighted by atomic mass is 32.2. The molecule has 1 amide bonds. The Morgan fingerprint density at radius 1 is 0.955 bits per heavy atom. The lowest BCUT2D eigenvalue weighted by molar-refractivity contribution is -0.136. The van der Waals surface area contributed by atoms with Crippen LogP contribution >= 0.6 is 0 Å². The van der Waals surface area contributed by atoms with Gasteiger partial charge in [-0.2, -0.15) is 0 Å². The van der Waals surface area contributed by atoms with Crippen LogP contribution in [-0.4, -0.2) is 36.6 Å². The van der Waals surface area contributed by atoms with Gasteiger partial charge in [0.25, 0.3) is 0 Å². The van der Waals surface area contributed by atoms with E-state index in [0.717, 1.165) is 25.7 Å². The maximum atomic E-state index is 12.8. The molecule has 3 fully saturated rings. The Morgan fingerprint density at radius 3 is 2.09 bits per heavy atom. The quantitative estimate of drug-likeness (QED) is 0.859. The van der Waals surface area contributed by atoms with Gasteiger partial charge in [0, 0.05) is 18.0 Å². The smallest absolute Gasteiger partial charge is 0.226 e. The summed E-state index contributed by atoms with van der Waals surface area (Å²) in [6.45, 7) is 0. The molecule has 5 heteroatoms. The molecule has 4 rings (SSSR count). The summed E-state index contributed by atoms with van der Waals surface area (Å²) in [6.07, 6.45) is 5.16. The van der Waals surface area contributed by atoms with Gasteiger partial charge < -0.3 is 4.90 Å². The summed E-state index contributed by atoms with van der Waals surface area (Å²) in [5, 5.41) is -0.337. The molecule has 1 saturated carbocycles. The number of fused-ring (bicyclic) bond motifs is 2. The number of amides is 1. The Balaban J connectivity index is 1.57. The van der Waals surface area contributed by atoms with Crippen LogP contribution in [0.4, 0.5) is 0 Å². The summed E-state index contributed by atoms with van der Waals surface area (Å²) >= 11 is 0. The van der Waals surface area contributed by atoms with E-state index in [-0.39, 0.29) is 29.2 Å². The Kier molecular flexibility index (Phi) is 3.29. The molecule has 1 aromatic rings. The lowest BCUT2D eigenvalue weighted by atomic mass is 10.0. The van der Waals surface area contributed by atoms with Gasteiger partial charge in [0.1, 0.15) is 0 Å². The van der Waals surface area contributed by atoms with Gasteiger partial charge in [-0.3, -0.25) is 4.79 Å². The second-order valence-electron chi connectivity index (χ2n) is 6.86. The third-order valence-corrected chi connectivity index (χ3v) is 7.57. The fourth-order valence-electron chi connectivity index (χ4n) is 4.08. The normalized spacial score (nSPS) is 31.3. The van der Waals surface area contributed by atoms with Crippen molar-refractivity contribution in [3.63, 3.8) is 0 Å². The van der Waals surface area contributed by atoms with E-state index in [0.29, 0.717) is 17.7 Å². The van der Waals surface area contributed by atoms with Crippen molar-refractivity contribution in [1.82, 2.24) is 4.90 Å². The van der Waals surface area contributed by atoms with Crippen LogP contribution in [0.1, 0.15) is 38.5 Å². The van der Waals surface area contributed by atoms with E-state index in [1.165, 1.54) is 0 Å². The molecule has 3 aliphatic rings. The molecule has 0 radical (unpaired) electrons. The van der Waals surface area contributed by atoms with Crippen LogP contribution in [0.5, 0.6) is 0 Å². The van der Waals surface area contributed by atoms with Crippen molar-refractivity contribution in [3.05, 3.63) is 30.3 Å². The predicted molar refractivity (Wildman–Crippen MR) is 83.0 cm³/mol. The number of nitrogens with zero attached hydrogens (tertiary/aromatic N) is 1. The van der Waals surface area contributed by atoms with Crippen LogP contribution in [0.25, 0.3) is 0 Å². The highest BCUT2D eigenvalue weighted by Crippen LogP contribution is 2.43. The van der Waals surface area contributed by atoms with Crippen LogP contribution in [-0.2, 0) is 14.6 Å². The Morgan fingerprint density at radius 2 is 1.55 bits per heavy atom. The minimum Gasteiger partial charge on any atom is -0.336 e. The summed E-state index contributed by atoms with van der Waals surface area (Å²) in [5.74, 6) is 0.508. The molecule has 0 N–H and O–H groups in total. The van der Waals surface area contributed by atoms with Gasteiger partial charge in [0.05, 0.1) is 10.1 Å². The van der Waals surface area contributed by atoms with Gasteiger partial charge in [0.15, 0.2) is 9.84 Å². The number of carbonyl (C=O) groups is 1. The van der Waals surface area contributed by atoms with Crippen LogP contribution in [0.15, 0.2) is 35.2 Å². The van der Waals surface area contributed by atoms with Gasteiger partial charge in [-0.15, -0.1) is 0 Å². The Labute approximate surface area is 131 Å². The molecule has 1 aliphatic carbocycles. The average molecular weight is 319 g/mol. The second-order valence-corrected chi connectivity index (χ2v) is 9.08. The van der Waals surface area contributed by atoms with Crippen LogP contribution in [0.2, 0.25) is 0 Å². The van der Waals surface area contributed by atoms with Crippen molar-refractivity contribution in [2.75, 3.05) is 0 Å². The third kappa shape index (κ3) is 2.26. The fourth-order valence-corrected chi connectivity index (χ4v) is 5.96. The van der Waals surface area contributed by atoms with Gasteiger partial charge in [0.2, 0.25) is 5.91 Å². The molecule has 118 valence electrons. The van der Waals surface area contributed by atoms with E-state index in [2.05, 4.69) is 0 Å². The van der Waals surface area contributed by atoms with E-state index in [9.17, 15) is 13.2 Å². The topological polar surface area (TPSA) is 54.5 Å². The van der Waals surface area contributed by atoms with Crippen molar-refractivity contribution >= 4 is 15.7 Å². The predicted octanol–water partition coefficient (Wildman–Crippen LogP) is 2.39. The van der Waals surface area contributed by atoms with E-state index in [1.54, 1.807) is 24.3 Å². The molecule has 2 atom stereocenters. The molecule has 4 nitrogen and oxygen atoms in total. The first-order valence-electron chi connectivity index (χ1n) is 8.18. The SMILES string of the molecule is O=C(C1CC1)N1C2CCC1CC(S(=O)(=O)c1ccccc1)C2. The number of carbonyl (C=O) groups excluding carboxylic acids is 1. The number of hydrogen-bond acceptors (Lipinski definition) is 3. The first kappa shape index (κ1) is 14.2. The number of piperidine rings is 1. The monoisotopic (exact) mass is 319 g/mol. The molecular weight excluding hydrogens is 298 g/mol. The zero-order valence-electron chi connectivity index (χ0n) is 12.5. The van der Waals surface area contributed by atoms with E-state index in [1.807, 2.05) is 11.0 Å². The number of sulfone groups is 1. The third-order valence-electron chi connectivity index (χ3n) is 5.38. The van der Waals surface area contributed by atoms with Crippen molar-refractivity contribution in [2.24, 2.45) is 5.92 Å². The van der Waals surface area contributed by atoms with Crippen molar-refractivity contribution in [3.8, 4) is 0 Å². The first-order valence-corrected chi connectivity index (χ1v) is 9.73. The lowest BCUT2D eigenvalue weighted by Crippen LogP contribution is -2.50. The van der Waals surface area contributed by atoms with E-state index < -0.39 is 9.84 Å².